The smallest absolute Gasteiger partial charge is 0.126 e. The Labute approximate surface area is 115 Å². The first kappa shape index (κ1) is 14.1. The highest BCUT2D eigenvalue weighted by Gasteiger charge is 2.27. The van der Waals surface area contributed by atoms with E-state index in [1.165, 1.54) is 36.5 Å². The molecule has 0 amide bonds. The molecule has 2 N–H and O–H groups in total. The number of nitrogens with two attached hydrogens (primary N) is 1. The van der Waals surface area contributed by atoms with Crippen LogP contribution in [-0.2, 0) is 6.42 Å². The molecule has 0 fully saturated rings. The number of allylic oxidation sites excluding steroid dienone is 2. The summed E-state index contributed by atoms with van der Waals surface area (Å²) < 4.78 is 13.7. The van der Waals surface area contributed by atoms with Gasteiger partial charge in [-0.2, -0.15) is 0 Å². The molecule has 0 aliphatic heterocycles. The largest absolute Gasteiger partial charge is 0.399 e. The zero-order chi connectivity index (χ0) is 14.0. The van der Waals surface area contributed by atoms with Gasteiger partial charge in [0.05, 0.1) is 0 Å². The van der Waals surface area contributed by atoms with Gasteiger partial charge in [0, 0.05) is 5.69 Å². The van der Waals surface area contributed by atoms with Gasteiger partial charge in [0.1, 0.15) is 5.82 Å². The highest BCUT2D eigenvalue weighted by atomic mass is 19.1. The minimum Gasteiger partial charge on any atom is -0.399 e. The molecule has 0 spiro atoms. The Morgan fingerprint density at radius 3 is 2.68 bits per heavy atom. The Hall–Kier alpha value is -1.31. The second-order valence-electron chi connectivity index (χ2n) is 6.35. The SMILES string of the molecule is CC1=C(CCc2cc(N)ccc2F)C(C)(C)CCC1. The van der Waals surface area contributed by atoms with Crippen LogP contribution in [0, 0.1) is 11.2 Å². The van der Waals surface area contributed by atoms with Crippen LogP contribution in [0.3, 0.4) is 0 Å². The summed E-state index contributed by atoms with van der Waals surface area (Å²) in [5.74, 6) is -0.138. The summed E-state index contributed by atoms with van der Waals surface area (Å²) in [6, 6.07) is 4.85. The van der Waals surface area contributed by atoms with Crippen molar-refractivity contribution in [2.45, 2.75) is 52.9 Å². The van der Waals surface area contributed by atoms with Crippen molar-refractivity contribution >= 4 is 5.69 Å². The summed E-state index contributed by atoms with van der Waals surface area (Å²) in [5.41, 5.74) is 10.4. The van der Waals surface area contributed by atoms with Crippen LogP contribution in [0.2, 0.25) is 0 Å². The van der Waals surface area contributed by atoms with E-state index >= 15 is 0 Å². The summed E-state index contributed by atoms with van der Waals surface area (Å²) in [7, 11) is 0. The Bertz CT molecular complexity index is 500. The van der Waals surface area contributed by atoms with Crippen molar-refractivity contribution in [1.82, 2.24) is 0 Å². The topological polar surface area (TPSA) is 26.0 Å². The second kappa shape index (κ2) is 5.36. The number of halogens is 1. The summed E-state index contributed by atoms with van der Waals surface area (Å²) in [4.78, 5) is 0. The average molecular weight is 261 g/mol. The van der Waals surface area contributed by atoms with Crippen molar-refractivity contribution in [3.63, 3.8) is 0 Å². The maximum atomic E-state index is 13.7. The van der Waals surface area contributed by atoms with Gasteiger partial charge in [-0.25, -0.2) is 4.39 Å². The molecule has 0 heterocycles. The molecule has 0 saturated carbocycles. The fourth-order valence-corrected chi connectivity index (χ4v) is 3.27. The van der Waals surface area contributed by atoms with E-state index < -0.39 is 0 Å². The fourth-order valence-electron chi connectivity index (χ4n) is 3.27. The first-order valence-corrected chi connectivity index (χ1v) is 7.13. The number of benzene rings is 1. The van der Waals surface area contributed by atoms with Crippen LogP contribution >= 0.6 is 0 Å². The molecule has 2 rings (SSSR count). The van der Waals surface area contributed by atoms with Gasteiger partial charge in [0.15, 0.2) is 0 Å². The monoisotopic (exact) mass is 261 g/mol. The van der Waals surface area contributed by atoms with E-state index in [-0.39, 0.29) is 11.2 Å². The molecular weight excluding hydrogens is 237 g/mol. The predicted molar refractivity (Wildman–Crippen MR) is 79.5 cm³/mol. The number of rotatable bonds is 3. The lowest BCUT2D eigenvalue weighted by Crippen LogP contribution is -2.21. The highest BCUT2D eigenvalue weighted by Crippen LogP contribution is 2.42. The van der Waals surface area contributed by atoms with Gasteiger partial charge in [-0.15, -0.1) is 0 Å². The second-order valence-corrected chi connectivity index (χ2v) is 6.35. The van der Waals surface area contributed by atoms with Crippen LogP contribution in [-0.4, -0.2) is 0 Å². The molecule has 0 unspecified atom stereocenters. The third-order valence-electron chi connectivity index (χ3n) is 4.40. The molecule has 0 radical (unpaired) electrons. The van der Waals surface area contributed by atoms with Crippen molar-refractivity contribution in [2.24, 2.45) is 5.41 Å². The molecular formula is C17H24FN. The zero-order valence-corrected chi connectivity index (χ0v) is 12.2. The summed E-state index contributed by atoms with van der Waals surface area (Å²) in [5, 5.41) is 0. The summed E-state index contributed by atoms with van der Waals surface area (Å²) >= 11 is 0. The van der Waals surface area contributed by atoms with Gasteiger partial charge in [0.25, 0.3) is 0 Å². The van der Waals surface area contributed by atoms with Crippen molar-refractivity contribution in [3.05, 3.63) is 40.7 Å². The molecule has 2 heteroatoms. The molecule has 0 atom stereocenters. The predicted octanol–water partition coefficient (Wildman–Crippen LogP) is 4.87. The Morgan fingerprint density at radius 1 is 1.26 bits per heavy atom. The van der Waals surface area contributed by atoms with Gasteiger partial charge in [-0.05, 0) is 68.2 Å². The molecule has 0 saturated heterocycles. The van der Waals surface area contributed by atoms with Crippen LogP contribution < -0.4 is 5.73 Å². The first-order chi connectivity index (χ1) is 8.90. The number of hydrogen-bond acceptors (Lipinski definition) is 1. The number of hydrogen-bond donors (Lipinski definition) is 1. The van der Waals surface area contributed by atoms with E-state index in [1.54, 1.807) is 12.1 Å². The van der Waals surface area contributed by atoms with Crippen LogP contribution in [0.1, 0.15) is 52.0 Å². The van der Waals surface area contributed by atoms with Gasteiger partial charge in [-0.1, -0.05) is 25.0 Å². The minimum absolute atomic E-state index is 0.138. The molecule has 19 heavy (non-hydrogen) atoms. The van der Waals surface area contributed by atoms with Gasteiger partial charge >= 0.3 is 0 Å². The lowest BCUT2D eigenvalue weighted by Gasteiger charge is -2.34. The average Bonchev–Trinajstić information content (AvgIpc) is 2.32. The van der Waals surface area contributed by atoms with Crippen molar-refractivity contribution in [2.75, 3.05) is 5.73 Å². The number of nitrogen functional groups attached to an aromatic ring is 1. The lowest BCUT2D eigenvalue weighted by atomic mass is 9.71. The van der Waals surface area contributed by atoms with E-state index in [9.17, 15) is 4.39 Å². The first-order valence-electron chi connectivity index (χ1n) is 7.13. The molecule has 1 aliphatic carbocycles. The fraction of sp³-hybridized carbons (Fsp3) is 0.529. The third kappa shape index (κ3) is 3.17. The van der Waals surface area contributed by atoms with Crippen LogP contribution in [0.15, 0.2) is 29.3 Å². The molecule has 1 aromatic rings. The molecule has 104 valence electrons. The third-order valence-corrected chi connectivity index (χ3v) is 4.40. The van der Waals surface area contributed by atoms with E-state index in [1.807, 2.05) is 0 Å². The molecule has 1 aromatic carbocycles. The van der Waals surface area contributed by atoms with E-state index in [4.69, 9.17) is 5.73 Å². The maximum Gasteiger partial charge on any atom is 0.126 e. The zero-order valence-electron chi connectivity index (χ0n) is 12.2. The van der Waals surface area contributed by atoms with Crippen LogP contribution in [0.5, 0.6) is 0 Å². The molecule has 1 aliphatic rings. The van der Waals surface area contributed by atoms with Gasteiger partial charge in [0.2, 0.25) is 0 Å². The highest BCUT2D eigenvalue weighted by molar-refractivity contribution is 5.41. The van der Waals surface area contributed by atoms with Gasteiger partial charge < -0.3 is 5.73 Å². The minimum atomic E-state index is -0.138. The van der Waals surface area contributed by atoms with Crippen LogP contribution in [0.4, 0.5) is 10.1 Å². The summed E-state index contributed by atoms with van der Waals surface area (Å²) in [6.45, 7) is 6.84. The Morgan fingerprint density at radius 2 is 2.00 bits per heavy atom. The molecule has 1 nitrogen and oxygen atoms in total. The van der Waals surface area contributed by atoms with E-state index in [2.05, 4.69) is 20.8 Å². The van der Waals surface area contributed by atoms with E-state index in [0.717, 1.165) is 18.4 Å². The summed E-state index contributed by atoms with van der Waals surface area (Å²) in [6.07, 6.45) is 5.39. The Balaban J connectivity index is 2.15. The normalized spacial score (nSPS) is 18.7. The number of aryl methyl sites for hydroxylation is 1. The lowest BCUT2D eigenvalue weighted by molar-refractivity contribution is 0.354. The number of anilines is 1. The molecule has 0 bridgehead atoms. The standard InChI is InChI=1S/C17H24FN/c1-12-5-4-10-17(2,3)15(12)8-6-13-11-14(19)7-9-16(13)18/h7,9,11H,4-6,8,10,19H2,1-3H3. The Kier molecular flexibility index (Phi) is 3.98. The quantitative estimate of drug-likeness (QED) is 0.610. The van der Waals surface area contributed by atoms with Gasteiger partial charge in [-0.3, -0.25) is 0 Å². The van der Waals surface area contributed by atoms with Crippen LogP contribution in [0.25, 0.3) is 0 Å². The van der Waals surface area contributed by atoms with Crippen molar-refractivity contribution < 1.29 is 4.39 Å². The maximum absolute atomic E-state index is 13.7. The molecule has 0 aromatic heterocycles. The van der Waals surface area contributed by atoms with E-state index in [0.29, 0.717) is 5.69 Å². The van der Waals surface area contributed by atoms with Crippen molar-refractivity contribution in [1.29, 1.82) is 0 Å². The van der Waals surface area contributed by atoms with Crippen molar-refractivity contribution in [3.8, 4) is 0 Å².